The van der Waals surface area contributed by atoms with Crippen LogP contribution in [0.25, 0.3) is 0 Å². The van der Waals surface area contributed by atoms with Crippen LogP contribution in [-0.4, -0.2) is 25.4 Å². The maximum atomic E-state index is 4.69. The lowest BCUT2D eigenvalue weighted by molar-refractivity contribution is -0.285. The van der Waals surface area contributed by atoms with E-state index in [-0.39, 0.29) is 0 Å². The minimum absolute atomic E-state index is 0.369. The Hall–Kier alpha value is -0.610. The number of hydrogen-bond acceptors (Lipinski definition) is 4. The molecule has 0 amide bonds. The lowest BCUT2D eigenvalue weighted by Gasteiger charge is -2.05. The summed E-state index contributed by atoms with van der Waals surface area (Å²) in [7, 11) is 1.51. The molecule has 0 N–H and O–H groups in total. The fourth-order valence-corrected chi connectivity index (χ4v) is 0.323. The second kappa shape index (κ2) is 1.90. The molecule has 0 atom stereocenters. The first-order valence-electron chi connectivity index (χ1n) is 1.89. The zero-order valence-corrected chi connectivity index (χ0v) is 4.00. The molecule has 0 saturated heterocycles. The molecule has 4 heteroatoms. The highest BCUT2D eigenvalue weighted by atomic mass is 17.0. The average molecular weight is 102 g/mol. The third-order valence-electron chi connectivity index (χ3n) is 0.615. The van der Waals surface area contributed by atoms with Gasteiger partial charge in [-0.05, 0) is 0 Å². The van der Waals surface area contributed by atoms with E-state index in [4.69, 9.17) is 4.84 Å². The fourth-order valence-electron chi connectivity index (χ4n) is 0.323. The van der Waals surface area contributed by atoms with Crippen molar-refractivity contribution in [1.29, 1.82) is 0 Å². The summed E-state index contributed by atoms with van der Waals surface area (Å²) in [5, 5.41) is 1.19. The van der Waals surface area contributed by atoms with Gasteiger partial charge in [0.2, 0.25) is 0 Å². The molecule has 0 aromatic heterocycles. The standard InChI is InChI=1S/C3H6N2O2/c1-6-5-2-4-3-7-5/h2H,3H2,1H3. The maximum Gasteiger partial charge on any atom is 0.169 e. The van der Waals surface area contributed by atoms with E-state index < -0.39 is 0 Å². The Morgan fingerprint density at radius 3 is 3.14 bits per heavy atom. The van der Waals surface area contributed by atoms with Gasteiger partial charge in [0.15, 0.2) is 6.73 Å². The molecule has 4 nitrogen and oxygen atoms in total. The Morgan fingerprint density at radius 1 is 2.00 bits per heavy atom. The third kappa shape index (κ3) is 0.880. The first kappa shape index (κ1) is 4.55. The number of hydrogen-bond donors (Lipinski definition) is 0. The molecule has 0 unspecified atom stereocenters. The molecule has 1 aliphatic rings. The minimum atomic E-state index is 0.369. The van der Waals surface area contributed by atoms with Crippen molar-refractivity contribution in [1.82, 2.24) is 5.23 Å². The zero-order valence-electron chi connectivity index (χ0n) is 4.00. The number of hydroxylamine groups is 2. The number of aliphatic imine (C=N–C) groups is 1. The van der Waals surface area contributed by atoms with Crippen LogP contribution >= 0.6 is 0 Å². The third-order valence-corrected chi connectivity index (χ3v) is 0.615. The molecule has 1 heterocycles. The molecule has 0 aromatic carbocycles. The molecule has 0 radical (unpaired) electrons. The van der Waals surface area contributed by atoms with Crippen molar-refractivity contribution in [3.05, 3.63) is 0 Å². The first-order chi connectivity index (χ1) is 3.43. The van der Waals surface area contributed by atoms with E-state index in [0.717, 1.165) is 0 Å². The predicted octanol–water partition coefficient (Wildman–Crippen LogP) is -0.219. The van der Waals surface area contributed by atoms with Gasteiger partial charge in [-0.15, -0.1) is 5.23 Å². The summed E-state index contributed by atoms with van der Waals surface area (Å²) in [5.74, 6) is 0. The summed E-state index contributed by atoms with van der Waals surface area (Å²) < 4.78 is 0. The van der Waals surface area contributed by atoms with Crippen molar-refractivity contribution in [3.63, 3.8) is 0 Å². The second-order valence-electron chi connectivity index (χ2n) is 1.02. The molecule has 0 spiro atoms. The van der Waals surface area contributed by atoms with Gasteiger partial charge >= 0.3 is 0 Å². The Morgan fingerprint density at radius 2 is 2.86 bits per heavy atom. The van der Waals surface area contributed by atoms with Crippen molar-refractivity contribution < 1.29 is 9.68 Å². The van der Waals surface area contributed by atoms with Crippen molar-refractivity contribution in [3.8, 4) is 0 Å². The second-order valence-corrected chi connectivity index (χ2v) is 1.02. The van der Waals surface area contributed by atoms with Gasteiger partial charge in [-0.25, -0.2) is 9.83 Å². The van der Waals surface area contributed by atoms with Crippen molar-refractivity contribution >= 4 is 6.34 Å². The monoisotopic (exact) mass is 102 g/mol. The van der Waals surface area contributed by atoms with Crippen LogP contribution in [0.1, 0.15) is 0 Å². The summed E-state index contributed by atoms with van der Waals surface area (Å²) in [6.45, 7) is 0.369. The molecule has 0 saturated carbocycles. The topological polar surface area (TPSA) is 34.1 Å². The van der Waals surface area contributed by atoms with Crippen LogP contribution in [0.4, 0.5) is 0 Å². The van der Waals surface area contributed by atoms with Crippen LogP contribution in [0, 0.1) is 0 Å². The van der Waals surface area contributed by atoms with E-state index in [0.29, 0.717) is 6.73 Å². The molecule has 0 bridgehead atoms. The minimum Gasteiger partial charge on any atom is -0.251 e. The van der Waals surface area contributed by atoms with Crippen molar-refractivity contribution in [2.75, 3.05) is 13.8 Å². The quantitative estimate of drug-likeness (QED) is 0.459. The largest absolute Gasteiger partial charge is 0.251 e. The van der Waals surface area contributed by atoms with E-state index in [1.165, 1.54) is 18.7 Å². The SMILES string of the molecule is CON1C=NCO1. The predicted molar refractivity (Wildman–Crippen MR) is 23.3 cm³/mol. The summed E-state index contributed by atoms with van der Waals surface area (Å²) in [4.78, 5) is 13.0. The van der Waals surface area contributed by atoms with Gasteiger partial charge in [0.1, 0.15) is 6.34 Å². The molecule has 1 rings (SSSR count). The van der Waals surface area contributed by atoms with E-state index in [1.807, 2.05) is 0 Å². The molecule has 1 aliphatic heterocycles. The number of rotatable bonds is 1. The van der Waals surface area contributed by atoms with Crippen LogP contribution in [0.3, 0.4) is 0 Å². The molecule has 7 heavy (non-hydrogen) atoms. The lowest BCUT2D eigenvalue weighted by atomic mass is 11.2. The van der Waals surface area contributed by atoms with Gasteiger partial charge in [0.05, 0.1) is 7.11 Å². The van der Waals surface area contributed by atoms with Crippen LogP contribution in [0.5, 0.6) is 0 Å². The van der Waals surface area contributed by atoms with Gasteiger partial charge < -0.3 is 0 Å². The van der Waals surface area contributed by atoms with E-state index in [1.54, 1.807) is 0 Å². The van der Waals surface area contributed by atoms with Crippen molar-refractivity contribution in [2.45, 2.75) is 0 Å². The van der Waals surface area contributed by atoms with Gasteiger partial charge in [-0.2, -0.15) is 0 Å². The summed E-state index contributed by atoms with van der Waals surface area (Å²) in [6.07, 6.45) is 1.47. The van der Waals surface area contributed by atoms with E-state index >= 15 is 0 Å². The number of nitrogens with zero attached hydrogens (tertiary/aromatic N) is 2. The fraction of sp³-hybridized carbons (Fsp3) is 0.667. The van der Waals surface area contributed by atoms with Gasteiger partial charge in [0, 0.05) is 0 Å². The molecule has 0 aromatic rings. The smallest absolute Gasteiger partial charge is 0.169 e. The Balaban J connectivity index is 2.28. The van der Waals surface area contributed by atoms with Crippen LogP contribution in [0.2, 0.25) is 0 Å². The van der Waals surface area contributed by atoms with Gasteiger partial charge in [-0.3, -0.25) is 4.84 Å². The Kier molecular flexibility index (Phi) is 1.24. The molecular formula is C3H6N2O2. The highest BCUT2D eigenvalue weighted by Gasteiger charge is 2.00. The summed E-state index contributed by atoms with van der Waals surface area (Å²) in [6, 6.07) is 0. The van der Waals surface area contributed by atoms with Crippen molar-refractivity contribution in [2.24, 2.45) is 4.99 Å². The molecular weight excluding hydrogens is 96.0 g/mol. The highest BCUT2D eigenvalue weighted by molar-refractivity contribution is 5.52. The van der Waals surface area contributed by atoms with Crippen LogP contribution < -0.4 is 0 Å². The average Bonchev–Trinajstić information content (AvgIpc) is 2.14. The highest BCUT2D eigenvalue weighted by Crippen LogP contribution is 1.92. The first-order valence-corrected chi connectivity index (χ1v) is 1.89. The van der Waals surface area contributed by atoms with E-state index in [9.17, 15) is 0 Å². The molecule has 0 aliphatic carbocycles. The van der Waals surface area contributed by atoms with Gasteiger partial charge in [0.25, 0.3) is 0 Å². The zero-order chi connectivity index (χ0) is 5.11. The normalized spacial score (nSPS) is 18.7. The van der Waals surface area contributed by atoms with Crippen LogP contribution in [-0.2, 0) is 9.68 Å². The van der Waals surface area contributed by atoms with Crippen LogP contribution in [0.15, 0.2) is 4.99 Å². The van der Waals surface area contributed by atoms with E-state index in [2.05, 4.69) is 9.83 Å². The molecule has 40 valence electrons. The lowest BCUT2D eigenvalue weighted by Crippen LogP contribution is -2.14. The summed E-state index contributed by atoms with van der Waals surface area (Å²) >= 11 is 0. The summed E-state index contributed by atoms with van der Waals surface area (Å²) in [5.41, 5.74) is 0. The molecule has 0 fully saturated rings. The van der Waals surface area contributed by atoms with Gasteiger partial charge in [-0.1, -0.05) is 0 Å². The Labute approximate surface area is 41.3 Å². The maximum absolute atomic E-state index is 4.69. The Bertz CT molecular complexity index is 83.0.